The zero-order valence-corrected chi connectivity index (χ0v) is 49.1. The summed E-state index contributed by atoms with van der Waals surface area (Å²) in [5.41, 5.74) is 0.963. The second-order valence-corrected chi connectivity index (χ2v) is 19.7. The van der Waals surface area contributed by atoms with E-state index in [2.05, 4.69) is 30.8 Å². The SMILES string of the molecule is CCOc1ccccc1N=C([O-])c1cc2ccccc2c(N=Nc2ccc(S(=O)(=O)O)c(CC)c2Cl)c1[O-].CCOc1ccccc1NC(=O)c1cc2ccccc2c(N=Nc2ccc(S(=O)(=O)O)c(CC)c2Cl)c1O.[Ba+2]. The number of amides is 1. The topological polar surface area (TPSA) is 284 Å². The minimum atomic E-state index is -4.50. The van der Waals surface area contributed by atoms with Crippen LogP contribution in [0, 0.1) is 0 Å². The molecule has 0 bridgehead atoms. The van der Waals surface area contributed by atoms with Crippen molar-refractivity contribution in [2.24, 2.45) is 25.4 Å². The number of ether oxygens (including phenoxy) is 2. The molecule has 0 saturated carbocycles. The minimum absolute atomic E-state index is 0. The van der Waals surface area contributed by atoms with Gasteiger partial charge in [0.15, 0.2) is 5.75 Å². The molecule has 0 aliphatic heterocycles. The van der Waals surface area contributed by atoms with Crippen LogP contribution in [0.1, 0.15) is 54.7 Å². The summed E-state index contributed by atoms with van der Waals surface area (Å²) < 4.78 is 76.8. The third-order valence-electron chi connectivity index (χ3n) is 11.4. The van der Waals surface area contributed by atoms with Crippen molar-refractivity contribution in [2.45, 2.75) is 50.3 Å². The largest absolute Gasteiger partial charge is 2.00 e. The molecule has 0 saturated heterocycles. The molecule has 0 spiro atoms. The van der Waals surface area contributed by atoms with E-state index in [1.54, 1.807) is 124 Å². The van der Waals surface area contributed by atoms with Crippen LogP contribution in [-0.2, 0) is 33.1 Å². The van der Waals surface area contributed by atoms with E-state index in [1.807, 2.05) is 6.92 Å². The van der Waals surface area contributed by atoms with Crippen LogP contribution in [0.5, 0.6) is 23.0 Å². The molecule has 0 fully saturated rings. The molecule has 23 heteroatoms. The number of phenols is 1. The van der Waals surface area contributed by atoms with Gasteiger partial charge >= 0.3 is 48.9 Å². The zero-order valence-electron chi connectivity index (χ0n) is 41.6. The number of aromatic hydroxyl groups is 1. The molecule has 8 aromatic carbocycles. The van der Waals surface area contributed by atoms with Crippen molar-refractivity contribution in [1.29, 1.82) is 0 Å². The fraction of sp³-hybridized carbons (Fsp3) is 0.148. The molecule has 77 heavy (non-hydrogen) atoms. The van der Waals surface area contributed by atoms with Crippen molar-refractivity contribution in [2.75, 3.05) is 18.5 Å². The number of anilines is 1. The van der Waals surface area contributed by atoms with Crippen molar-refractivity contribution in [3.63, 3.8) is 0 Å². The summed E-state index contributed by atoms with van der Waals surface area (Å²) in [5.74, 6) is -1.55. The number of azo groups is 2. The van der Waals surface area contributed by atoms with Gasteiger partial charge in [-0.05, 0) is 121 Å². The number of nitrogens with zero attached hydrogens (tertiary/aromatic N) is 5. The van der Waals surface area contributed by atoms with Gasteiger partial charge in [0.05, 0.1) is 50.0 Å². The second kappa shape index (κ2) is 26.3. The normalized spacial score (nSPS) is 11.9. The van der Waals surface area contributed by atoms with Gasteiger partial charge in [0, 0.05) is 10.8 Å². The van der Waals surface area contributed by atoms with Crippen LogP contribution in [0.15, 0.2) is 169 Å². The number of benzene rings is 8. The van der Waals surface area contributed by atoms with Crippen LogP contribution in [0.4, 0.5) is 34.1 Å². The number of para-hydroxylation sites is 4. The van der Waals surface area contributed by atoms with Crippen molar-refractivity contribution >= 4 is 160 Å². The van der Waals surface area contributed by atoms with E-state index in [9.17, 15) is 46.1 Å². The van der Waals surface area contributed by atoms with Gasteiger partial charge in [0.25, 0.3) is 26.1 Å². The Kier molecular flexibility index (Phi) is 20.4. The Bertz CT molecular complexity index is 3860. The first-order valence-electron chi connectivity index (χ1n) is 23.2. The van der Waals surface area contributed by atoms with Crippen LogP contribution in [-0.4, -0.2) is 105 Å². The average Bonchev–Trinajstić information content (AvgIpc) is 3.39. The summed E-state index contributed by atoms with van der Waals surface area (Å²) in [4.78, 5) is 16.7. The Hall–Kier alpha value is -6.41. The molecule has 4 N–H and O–H groups in total. The predicted molar refractivity (Wildman–Crippen MR) is 294 cm³/mol. The molecular weight excluding hydrogens is 1200 g/mol. The third kappa shape index (κ3) is 13.8. The third-order valence-corrected chi connectivity index (χ3v) is 14.1. The zero-order chi connectivity index (χ0) is 54.9. The number of halogens is 2. The molecular formula is C54H46BaCl2N6O12S2. The maximum atomic E-state index is 13.4. The maximum absolute atomic E-state index is 13.4. The average molecular weight is 1240 g/mol. The van der Waals surface area contributed by atoms with Gasteiger partial charge in [-0.3, -0.25) is 18.9 Å². The predicted octanol–water partition coefficient (Wildman–Crippen LogP) is 12.3. The van der Waals surface area contributed by atoms with E-state index >= 15 is 0 Å². The van der Waals surface area contributed by atoms with Crippen LogP contribution in [0.2, 0.25) is 10.0 Å². The molecule has 0 aromatic heterocycles. The number of hydrogen-bond acceptors (Lipinski definition) is 15. The van der Waals surface area contributed by atoms with Gasteiger partial charge < -0.3 is 30.1 Å². The number of fused-ring (bicyclic) bond motifs is 2. The molecule has 8 aromatic rings. The number of hydrogen-bond donors (Lipinski definition) is 4. The molecule has 1 amide bonds. The first-order chi connectivity index (χ1) is 36.3. The van der Waals surface area contributed by atoms with Gasteiger partial charge in [-0.25, -0.2) is 0 Å². The number of aliphatic imine (C=N–C) groups is 1. The Morgan fingerprint density at radius 2 is 1.05 bits per heavy atom. The summed E-state index contributed by atoms with van der Waals surface area (Å²) in [6, 6.07) is 35.5. The van der Waals surface area contributed by atoms with Gasteiger partial charge in [0.1, 0.15) is 34.2 Å². The van der Waals surface area contributed by atoms with Crippen molar-refractivity contribution in [1.82, 2.24) is 0 Å². The van der Waals surface area contributed by atoms with Crippen molar-refractivity contribution in [3.05, 3.63) is 166 Å². The van der Waals surface area contributed by atoms with E-state index in [4.69, 9.17) is 32.7 Å². The Morgan fingerprint density at radius 1 is 0.597 bits per heavy atom. The van der Waals surface area contributed by atoms with E-state index in [0.29, 0.717) is 51.9 Å². The molecule has 18 nitrogen and oxygen atoms in total. The summed E-state index contributed by atoms with van der Waals surface area (Å²) in [6.07, 6.45) is 0.409. The number of nitrogens with one attached hydrogen (secondary N) is 1. The van der Waals surface area contributed by atoms with Gasteiger partial charge in [-0.1, -0.05) is 116 Å². The molecule has 0 heterocycles. The van der Waals surface area contributed by atoms with Crippen LogP contribution in [0.3, 0.4) is 0 Å². The number of rotatable bonds is 16. The standard InChI is InChI=1S/2C27H24ClN3O6S.Ba/c2*1-3-17-23(38(34,35)36)14-13-21(24(17)28)30-31-25-18-10-6-5-9-16(18)15-19(26(25)32)27(33)29-20-11-7-8-12-22(20)37-4-2;/h2*5-15,32H,3-4H2,1-2H3,(H,29,33)(H,34,35,36);/q;;+2/p-2. The summed E-state index contributed by atoms with van der Waals surface area (Å²) in [5, 5.41) is 59.2. The fourth-order valence-corrected chi connectivity index (χ4v) is 10.3. The number of phenolic OH excluding ortho intramolecular Hbond substituents is 1. The van der Waals surface area contributed by atoms with Crippen LogP contribution < -0.4 is 25.0 Å². The van der Waals surface area contributed by atoms with E-state index < -0.39 is 43.5 Å². The summed E-state index contributed by atoms with van der Waals surface area (Å²) in [7, 11) is -8.98. The Labute approximate surface area is 493 Å². The summed E-state index contributed by atoms with van der Waals surface area (Å²) >= 11 is 12.8. The Morgan fingerprint density at radius 3 is 1.58 bits per heavy atom. The van der Waals surface area contributed by atoms with Gasteiger partial charge in [-0.15, -0.1) is 15.3 Å². The molecule has 0 atom stereocenters. The van der Waals surface area contributed by atoms with Gasteiger partial charge in [0.2, 0.25) is 0 Å². The first-order valence-corrected chi connectivity index (χ1v) is 26.8. The quantitative estimate of drug-likeness (QED) is 0.0231. The fourth-order valence-electron chi connectivity index (χ4n) is 7.88. The van der Waals surface area contributed by atoms with E-state index in [0.717, 1.165) is 0 Å². The molecule has 0 radical (unpaired) electrons. The molecule has 8 rings (SSSR count). The van der Waals surface area contributed by atoms with Crippen molar-refractivity contribution in [3.8, 4) is 23.0 Å². The second-order valence-electron chi connectivity index (χ2n) is 16.2. The Balaban J connectivity index is 0.000000246. The molecule has 0 aliphatic rings. The minimum Gasteiger partial charge on any atom is -0.871 e. The molecule has 0 unspecified atom stereocenters. The van der Waals surface area contributed by atoms with Crippen LogP contribution in [0.25, 0.3) is 21.5 Å². The molecule has 392 valence electrons. The number of carbonyl (C=O) groups is 1. The van der Waals surface area contributed by atoms with Gasteiger partial charge in [-0.2, -0.15) is 21.9 Å². The molecule has 0 aliphatic carbocycles. The smallest absolute Gasteiger partial charge is 0.871 e. The van der Waals surface area contributed by atoms with Crippen LogP contribution >= 0.6 is 23.2 Å². The maximum Gasteiger partial charge on any atom is 2.00 e. The van der Waals surface area contributed by atoms with E-state index in [-0.39, 0.29) is 132 Å². The van der Waals surface area contributed by atoms with Crippen molar-refractivity contribution < 1.29 is 55.5 Å². The first kappa shape index (κ1) is 59.8. The monoisotopic (exact) mass is 1240 g/mol. The summed E-state index contributed by atoms with van der Waals surface area (Å²) in [6.45, 7) is 7.77. The van der Waals surface area contributed by atoms with E-state index in [1.165, 1.54) is 30.3 Å². The number of carbonyl (C=O) groups excluding carboxylic acids is 1.